The average molecular weight is 454 g/mol. The molecule has 4 rings (SSSR count). The molecule has 1 saturated heterocycles. The summed E-state index contributed by atoms with van der Waals surface area (Å²) in [6, 6.07) is 1.63. The number of aliphatic hydroxyl groups is 1. The van der Waals surface area contributed by atoms with Gasteiger partial charge in [0.05, 0.1) is 18.1 Å². The zero-order valence-corrected chi connectivity index (χ0v) is 17.8. The fourth-order valence-electron chi connectivity index (χ4n) is 3.71. The zero-order chi connectivity index (χ0) is 21.5. The van der Waals surface area contributed by atoms with Crippen molar-refractivity contribution in [2.75, 3.05) is 19.9 Å². The van der Waals surface area contributed by atoms with E-state index in [4.69, 9.17) is 9.73 Å². The molecule has 0 radical (unpaired) electrons. The fourth-order valence-corrected chi connectivity index (χ4v) is 5.12. The Morgan fingerprint density at radius 2 is 2.20 bits per heavy atom. The van der Waals surface area contributed by atoms with Gasteiger partial charge < -0.3 is 14.7 Å². The van der Waals surface area contributed by atoms with Crippen LogP contribution in [0.15, 0.2) is 46.2 Å². The molecular formula is C18H20FN5O4S2. The van der Waals surface area contributed by atoms with Gasteiger partial charge in [0.25, 0.3) is 0 Å². The summed E-state index contributed by atoms with van der Waals surface area (Å²) in [4.78, 5) is 15.1. The third kappa shape index (κ3) is 4.14. The monoisotopic (exact) mass is 453 g/mol. The smallest absolute Gasteiger partial charge is 0.209 e. The van der Waals surface area contributed by atoms with Crippen LogP contribution < -0.4 is 4.72 Å². The van der Waals surface area contributed by atoms with Gasteiger partial charge in [0.15, 0.2) is 17.1 Å². The lowest BCUT2D eigenvalue weighted by atomic mass is 9.97. The lowest BCUT2D eigenvalue weighted by Gasteiger charge is -2.33. The number of aliphatic hydroxyl groups excluding tert-OH is 1. The second-order valence-electron chi connectivity index (χ2n) is 6.99. The molecule has 3 atom stereocenters. The molecule has 2 aliphatic rings. The van der Waals surface area contributed by atoms with E-state index in [0.29, 0.717) is 40.8 Å². The number of aliphatic imine (C=N–C) groups is 1. The number of rotatable bonds is 6. The Hall–Kier alpha value is -2.25. The minimum atomic E-state index is -3.44. The van der Waals surface area contributed by atoms with Gasteiger partial charge in [0.1, 0.15) is 11.9 Å². The number of fused-ring (bicyclic) bond motifs is 1. The largest absolute Gasteiger partial charge is 0.364 e. The number of hydrogen-bond donors (Lipinski definition) is 2. The van der Waals surface area contributed by atoms with Crippen molar-refractivity contribution in [3.8, 4) is 0 Å². The van der Waals surface area contributed by atoms with E-state index in [1.165, 1.54) is 30.6 Å². The van der Waals surface area contributed by atoms with Crippen molar-refractivity contribution in [3.63, 3.8) is 0 Å². The van der Waals surface area contributed by atoms with Crippen molar-refractivity contribution < 1.29 is 22.7 Å². The summed E-state index contributed by atoms with van der Waals surface area (Å²) in [5, 5.41) is 13.1. The highest BCUT2D eigenvalue weighted by Crippen LogP contribution is 2.41. The first kappa shape index (κ1) is 21.0. The van der Waals surface area contributed by atoms with E-state index in [2.05, 4.69) is 14.7 Å². The summed E-state index contributed by atoms with van der Waals surface area (Å²) in [7, 11) is -2.08. The lowest BCUT2D eigenvalue weighted by molar-refractivity contribution is -0.0501. The minimum Gasteiger partial charge on any atom is -0.364 e. The van der Waals surface area contributed by atoms with Crippen LogP contribution in [0, 0.1) is 5.82 Å². The Morgan fingerprint density at radius 1 is 1.40 bits per heavy atom. The second-order valence-corrected chi connectivity index (χ2v) is 9.66. The average Bonchev–Trinajstić information content (AvgIpc) is 3.35. The van der Waals surface area contributed by atoms with Gasteiger partial charge in [-0.25, -0.2) is 22.5 Å². The van der Waals surface area contributed by atoms with Crippen LogP contribution in [-0.2, 0) is 14.8 Å². The van der Waals surface area contributed by atoms with Crippen LogP contribution in [0.2, 0.25) is 0 Å². The molecule has 1 fully saturated rings. The molecule has 0 amide bonds. The van der Waals surface area contributed by atoms with Crippen molar-refractivity contribution in [2.45, 2.75) is 24.8 Å². The number of amidine groups is 1. The number of halogens is 1. The SMILES string of the molecule is COC(O)C1=C2C[C@H](NS(C)(=O)=O)CN2C(c2nccs2)=N[C@H]1c1ccc(F)cn1. The molecule has 12 heteroatoms. The highest BCUT2D eigenvalue weighted by molar-refractivity contribution is 7.88. The summed E-state index contributed by atoms with van der Waals surface area (Å²) in [5.41, 5.74) is 1.56. The Bertz CT molecular complexity index is 1090. The lowest BCUT2D eigenvalue weighted by Crippen LogP contribution is -2.39. The van der Waals surface area contributed by atoms with Crippen molar-refractivity contribution >= 4 is 27.2 Å². The van der Waals surface area contributed by atoms with Crippen molar-refractivity contribution in [1.82, 2.24) is 19.6 Å². The summed E-state index contributed by atoms with van der Waals surface area (Å²) in [6.45, 7) is 0.324. The molecule has 1 unspecified atom stereocenters. The third-order valence-corrected chi connectivity index (χ3v) is 6.36. The minimum absolute atomic E-state index is 0.324. The van der Waals surface area contributed by atoms with E-state index in [-0.39, 0.29) is 0 Å². The second kappa shape index (κ2) is 8.12. The Balaban J connectivity index is 1.85. The quantitative estimate of drug-likeness (QED) is 0.627. The van der Waals surface area contributed by atoms with Crippen LogP contribution in [0.5, 0.6) is 0 Å². The van der Waals surface area contributed by atoms with Gasteiger partial charge in [-0.15, -0.1) is 11.3 Å². The van der Waals surface area contributed by atoms with E-state index in [1.54, 1.807) is 6.20 Å². The normalized spacial score (nSPS) is 22.8. The highest BCUT2D eigenvalue weighted by atomic mass is 32.2. The zero-order valence-electron chi connectivity index (χ0n) is 16.2. The number of nitrogens with one attached hydrogen (secondary N) is 1. The molecule has 0 aliphatic carbocycles. The van der Waals surface area contributed by atoms with Gasteiger partial charge >= 0.3 is 0 Å². The number of thiazole rings is 1. The van der Waals surface area contributed by atoms with E-state index in [0.717, 1.165) is 12.5 Å². The predicted molar refractivity (Wildman–Crippen MR) is 109 cm³/mol. The van der Waals surface area contributed by atoms with Gasteiger partial charge in [-0.3, -0.25) is 9.98 Å². The molecular weight excluding hydrogens is 433 g/mol. The van der Waals surface area contributed by atoms with Crippen LogP contribution in [0.3, 0.4) is 0 Å². The first-order chi connectivity index (χ1) is 14.3. The molecule has 0 bridgehead atoms. The van der Waals surface area contributed by atoms with Gasteiger partial charge in [-0.05, 0) is 12.1 Å². The highest BCUT2D eigenvalue weighted by Gasteiger charge is 2.42. The van der Waals surface area contributed by atoms with E-state index < -0.39 is 34.2 Å². The predicted octanol–water partition coefficient (Wildman–Crippen LogP) is 1.02. The number of pyridine rings is 1. The van der Waals surface area contributed by atoms with Gasteiger partial charge in [-0.2, -0.15) is 0 Å². The molecule has 2 aromatic rings. The van der Waals surface area contributed by atoms with Crippen molar-refractivity contribution in [1.29, 1.82) is 0 Å². The Labute approximate surface area is 177 Å². The first-order valence-electron chi connectivity index (χ1n) is 9.04. The van der Waals surface area contributed by atoms with Crippen LogP contribution in [0.25, 0.3) is 0 Å². The van der Waals surface area contributed by atoms with Crippen LogP contribution >= 0.6 is 11.3 Å². The van der Waals surface area contributed by atoms with E-state index in [1.807, 2.05) is 10.3 Å². The summed E-state index contributed by atoms with van der Waals surface area (Å²) >= 11 is 1.39. The topological polar surface area (TPSA) is 117 Å². The third-order valence-electron chi connectivity index (χ3n) is 4.83. The number of ether oxygens (including phenoxy) is 1. The fraction of sp³-hybridized carbons (Fsp3) is 0.389. The van der Waals surface area contributed by atoms with Gasteiger partial charge in [-0.1, -0.05) is 0 Å². The maximum absolute atomic E-state index is 13.4. The number of aromatic nitrogens is 2. The van der Waals surface area contributed by atoms with E-state index >= 15 is 0 Å². The Kier molecular flexibility index (Phi) is 5.68. The maximum Gasteiger partial charge on any atom is 0.209 e. The number of nitrogens with zero attached hydrogens (tertiary/aromatic N) is 4. The molecule has 2 aliphatic heterocycles. The van der Waals surface area contributed by atoms with E-state index in [9.17, 15) is 17.9 Å². The standard InChI is InChI=1S/C18H20FN5O4S2/c1-28-18(25)14-13-7-11(23-30(2,26)27)9-24(13)16(17-20-5-6-29-17)22-15(14)12-4-3-10(19)8-21-12/h3-6,8,11,15,18,23,25H,7,9H2,1-2H3/t11-,15-,18?/m0/s1. The molecule has 0 spiro atoms. The van der Waals surface area contributed by atoms with Gasteiger partial charge in [0.2, 0.25) is 10.0 Å². The molecule has 0 aromatic carbocycles. The van der Waals surface area contributed by atoms with Crippen molar-refractivity contribution in [3.05, 3.63) is 57.7 Å². The molecule has 30 heavy (non-hydrogen) atoms. The summed E-state index contributed by atoms with van der Waals surface area (Å²) in [5.74, 6) is 0.0565. The van der Waals surface area contributed by atoms with Crippen LogP contribution in [0.4, 0.5) is 4.39 Å². The Morgan fingerprint density at radius 3 is 2.80 bits per heavy atom. The maximum atomic E-state index is 13.4. The van der Waals surface area contributed by atoms with Gasteiger partial charge in [0, 0.05) is 49.0 Å². The molecule has 2 N–H and O–H groups in total. The molecule has 160 valence electrons. The number of sulfonamides is 1. The molecule has 9 nitrogen and oxygen atoms in total. The summed E-state index contributed by atoms with van der Waals surface area (Å²) < 4.78 is 44.8. The number of methoxy groups -OCH3 is 1. The van der Waals surface area contributed by atoms with Crippen LogP contribution in [-0.4, -0.2) is 66.5 Å². The number of hydrogen-bond acceptors (Lipinski definition) is 9. The van der Waals surface area contributed by atoms with Crippen LogP contribution in [0.1, 0.15) is 23.2 Å². The van der Waals surface area contributed by atoms with Crippen molar-refractivity contribution in [2.24, 2.45) is 4.99 Å². The summed E-state index contributed by atoms with van der Waals surface area (Å²) in [6.07, 6.45) is 2.87. The molecule has 4 heterocycles. The molecule has 0 saturated carbocycles. The molecule has 2 aromatic heterocycles. The first-order valence-corrected chi connectivity index (χ1v) is 11.8.